The largest absolute Gasteiger partial charge is 0.384 e. The summed E-state index contributed by atoms with van der Waals surface area (Å²) in [5, 5.41) is 16.0. The summed E-state index contributed by atoms with van der Waals surface area (Å²) in [4.78, 5) is 0.908. The smallest absolute Gasteiger partial charge is 0.195 e. The first-order valence-electron chi connectivity index (χ1n) is 4.64. The fourth-order valence-electron chi connectivity index (χ4n) is 1.24. The van der Waals surface area contributed by atoms with Crippen molar-refractivity contribution in [1.29, 1.82) is 5.41 Å². The van der Waals surface area contributed by atoms with E-state index in [2.05, 4.69) is 10.2 Å². The van der Waals surface area contributed by atoms with E-state index in [4.69, 9.17) is 11.1 Å². The van der Waals surface area contributed by atoms with Crippen molar-refractivity contribution in [3.63, 3.8) is 0 Å². The van der Waals surface area contributed by atoms with Crippen LogP contribution in [0.4, 0.5) is 0 Å². The minimum absolute atomic E-state index is 0.0604. The van der Waals surface area contributed by atoms with Gasteiger partial charge in [0.25, 0.3) is 0 Å². The quantitative estimate of drug-likeness (QED) is 0.617. The van der Waals surface area contributed by atoms with E-state index >= 15 is 0 Å². The van der Waals surface area contributed by atoms with Crippen LogP contribution in [0.3, 0.4) is 0 Å². The topological polar surface area (TPSA) is 80.6 Å². The van der Waals surface area contributed by atoms with Gasteiger partial charge in [-0.1, -0.05) is 18.2 Å². The van der Waals surface area contributed by atoms with Crippen LogP contribution in [-0.2, 0) is 7.05 Å². The molecule has 0 spiro atoms. The van der Waals surface area contributed by atoms with Crippen LogP contribution < -0.4 is 5.73 Å². The molecule has 2 rings (SSSR count). The molecule has 0 aliphatic carbocycles. The van der Waals surface area contributed by atoms with Crippen LogP contribution in [0.25, 0.3) is 0 Å². The van der Waals surface area contributed by atoms with E-state index in [1.165, 1.54) is 11.8 Å². The lowest BCUT2D eigenvalue weighted by molar-refractivity contribution is 0.788. The molecule has 16 heavy (non-hydrogen) atoms. The van der Waals surface area contributed by atoms with Crippen LogP contribution >= 0.6 is 11.8 Å². The lowest BCUT2D eigenvalue weighted by Gasteiger charge is -2.06. The summed E-state index contributed by atoms with van der Waals surface area (Å²) in [6, 6.07) is 7.50. The van der Waals surface area contributed by atoms with Gasteiger partial charge in [0.1, 0.15) is 12.2 Å². The van der Waals surface area contributed by atoms with Gasteiger partial charge in [-0.25, -0.2) is 0 Å². The van der Waals surface area contributed by atoms with E-state index in [9.17, 15) is 0 Å². The number of hydrogen-bond acceptors (Lipinski definition) is 4. The SMILES string of the molecule is Cn1cnnc1Sc1ccccc1C(=N)N. The Labute approximate surface area is 97.2 Å². The Balaban J connectivity index is 2.35. The first-order valence-corrected chi connectivity index (χ1v) is 5.45. The lowest BCUT2D eigenvalue weighted by Crippen LogP contribution is -2.12. The third-order valence-electron chi connectivity index (χ3n) is 2.05. The Morgan fingerprint density at radius 2 is 2.19 bits per heavy atom. The van der Waals surface area contributed by atoms with Gasteiger partial charge < -0.3 is 10.3 Å². The summed E-state index contributed by atoms with van der Waals surface area (Å²) in [6.45, 7) is 0. The van der Waals surface area contributed by atoms with Crippen molar-refractivity contribution in [2.24, 2.45) is 12.8 Å². The molecular formula is C10H11N5S. The number of nitrogens with zero attached hydrogens (tertiary/aromatic N) is 3. The van der Waals surface area contributed by atoms with Crippen molar-refractivity contribution in [2.75, 3.05) is 0 Å². The van der Waals surface area contributed by atoms with Gasteiger partial charge in [0.2, 0.25) is 0 Å². The summed E-state index contributed by atoms with van der Waals surface area (Å²) in [6.07, 6.45) is 1.64. The molecule has 5 nitrogen and oxygen atoms in total. The fourth-order valence-corrected chi connectivity index (χ4v) is 2.15. The maximum Gasteiger partial charge on any atom is 0.195 e. The first-order chi connectivity index (χ1) is 7.68. The van der Waals surface area contributed by atoms with Gasteiger partial charge in [-0.15, -0.1) is 10.2 Å². The number of nitrogens with two attached hydrogens (primary N) is 1. The average Bonchev–Trinajstić information content (AvgIpc) is 2.65. The molecule has 0 radical (unpaired) electrons. The van der Waals surface area contributed by atoms with Crippen molar-refractivity contribution < 1.29 is 0 Å². The van der Waals surface area contributed by atoms with E-state index in [-0.39, 0.29) is 5.84 Å². The highest BCUT2D eigenvalue weighted by Gasteiger charge is 2.09. The molecule has 0 aliphatic heterocycles. The van der Waals surface area contributed by atoms with Gasteiger partial charge in [-0.3, -0.25) is 5.41 Å². The highest BCUT2D eigenvalue weighted by molar-refractivity contribution is 7.99. The zero-order chi connectivity index (χ0) is 11.5. The lowest BCUT2D eigenvalue weighted by atomic mass is 10.2. The van der Waals surface area contributed by atoms with Crippen LogP contribution in [-0.4, -0.2) is 20.6 Å². The number of benzene rings is 1. The van der Waals surface area contributed by atoms with Crippen LogP contribution in [0.2, 0.25) is 0 Å². The van der Waals surface area contributed by atoms with Crippen molar-refractivity contribution in [3.8, 4) is 0 Å². The molecule has 0 saturated heterocycles. The van der Waals surface area contributed by atoms with Gasteiger partial charge >= 0.3 is 0 Å². The second-order valence-corrected chi connectivity index (χ2v) is 4.25. The van der Waals surface area contributed by atoms with Crippen molar-refractivity contribution in [1.82, 2.24) is 14.8 Å². The summed E-state index contributed by atoms with van der Waals surface area (Å²) < 4.78 is 1.82. The second kappa shape index (κ2) is 4.36. The van der Waals surface area contributed by atoms with E-state index in [1.54, 1.807) is 6.33 Å². The van der Waals surface area contributed by atoms with E-state index in [0.717, 1.165) is 15.6 Å². The Bertz CT molecular complexity index is 519. The molecule has 0 atom stereocenters. The minimum atomic E-state index is 0.0604. The van der Waals surface area contributed by atoms with Crippen LogP contribution in [0.1, 0.15) is 5.56 Å². The zero-order valence-electron chi connectivity index (χ0n) is 8.71. The van der Waals surface area contributed by atoms with E-state index in [0.29, 0.717) is 0 Å². The number of aromatic nitrogens is 3. The predicted molar refractivity (Wildman–Crippen MR) is 62.6 cm³/mol. The molecule has 0 unspecified atom stereocenters. The number of nitrogen functional groups attached to an aromatic ring is 1. The molecule has 2 aromatic rings. The number of amidine groups is 1. The van der Waals surface area contributed by atoms with Gasteiger partial charge in [0.15, 0.2) is 5.16 Å². The Morgan fingerprint density at radius 1 is 1.44 bits per heavy atom. The normalized spacial score (nSPS) is 10.3. The van der Waals surface area contributed by atoms with Crippen molar-refractivity contribution >= 4 is 17.6 Å². The highest BCUT2D eigenvalue weighted by Crippen LogP contribution is 2.28. The van der Waals surface area contributed by atoms with Crippen LogP contribution in [0.15, 0.2) is 40.6 Å². The van der Waals surface area contributed by atoms with Gasteiger partial charge in [0.05, 0.1) is 0 Å². The second-order valence-electron chi connectivity index (χ2n) is 3.24. The minimum Gasteiger partial charge on any atom is -0.384 e. The summed E-state index contributed by atoms with van der Waals surface area (Å²) in [7, 11) is 1.87. The van der Waals surface area contributed by atoms with Gasteiger partial charge in [0, 0.05) is 17.5 Å². The zero-order valence-corrected chi connectivity index (χ0v) is 9.53. The maximum absolute atomic E-state index is 7.48. The molecule has 1 aromatic heterocycles. The monoisotopic (exact) mass is 233 g/mol. The van der Waals surface area contributed by atoms with E-state index in [1.807, 2.05) is 35.9 Å². The Kier molecular flexibility index (Phi) is 2.91. The van der Waals surface area contributed by atoms with E-state index < -0.39 is 0 Å². The number of nitrogens with one attached hydrogen (secondary N) is 1. The molecule has 82 valence electrons. The Morgan fingerprint density at radius 3 is 2.81 bits per heavy atom. The van der Waals surface area contributed by atoms with Crippen LogP contribution in [0, 0.1) is 5.41 Å². The van der Waals surface area contributed by atoms with Crippen molar-refractivity contribution in [3.05, 3.63) is 36.2 Å². The molecule has 0 aliphatic rings. The van der Waals surface area contributed by atoms with Gasteiger partial charge in [-0.2, -0.15) is 0 Å². The standard InChI is InChI=1S/C10H11N5S/c1-15-6-13-14-10(15)16-8-5-3-2-4-7(8)9(11)12/h2-6H,1H3,(H3,11,12). The predicted octanol–water partition coefficient (Wildman–Crippen LogP) is 1.25. The molecular weight excluding hydrogens is 222 g/mol. The molecule has 0 bridgehead atoms. The molecule has 0 amide bonds. The Hall–Kier alpha value is -1.82. The number of aryl methyl sites for hydroxylation is 1. The van der Waals surface area contributed by atoms with Crippen molar-refractivity contribution in [2.45, 2.75) is 10.1 Å². The molecule has 1 heterocycles. The molecule has 0 saturated carbocycles. The van der Waals surface area contributed by atoms with Gasteiger partial charge in [-0.05, 0) is 17.8 Å². The third-order valence-corrected chi connectivity index (χ3v) is 3.18. The molecule has 3 N–H and O–H groups in total. The number of rotatable bonds is 3. The fraction of sp³-hybridized carbons (Fsp3) is 0.100. The highest BCUT2D eigenvalue weighted by atomic mass is 32.2. The van der Waals surface area contributed by atoms with Crippen LogP contribution in [0.5, 0.6) is 0 Å². The number of hydrogen-bond donors (Lipinski definition) is 2. The summed E-state index contributed by atoms with van der Waals surface area (Å²) in [5.74, 6) is 0.0604. The first kappa shape index (κ1) is 10.7. The molecule has 0 fully saturated rings. The average molecular weight is 233 g/mol. The third kappa shape index (κ3) is 2.06. The maximum atomic E-state index is 7.48. The molecule has 6 heteroatoms. The molecule has 1 aromatic carbocycles. The summed E-state index contributed by atoms with van der Waals surface area (Å²) >= 11 is 1.44. The summed E-state index contributed by atoms with van der Waals surface area (Å²) in [5.41, 5.74) is 6.23.